The van der Waals surface area contributed by atoms with Gasteiger partial charge in [0.05, 0.1) is 10.7 Å². The van der Waals surface area contributed by atoms with E-state index in [1.165, 1.54) is 21.5 Å². The van der Waals surface area contributed by atoms with E-state index in [-0.39, 0.29) is 12.1 Å². The van der Waals surface area contributed by atoms with Crippen molar-refractivity contribution in [3.05, 3.63) is 74.2 Å². The minimum Gasteiger partial charge on any atom is -0.269 e. The van der Waals surface area contributed by atoms with Gasteiger partial charge >= 0.3 is 0 Å². The van der Waals surface area contributed by atoms with Crippen molar-refractivity contribution < 1.29 is 0 Å². The number of pyridine rings is 1. The smallest absolute Gasteiger partial charge is 0.258 e. The van der Waals surface area contributed by atoms with Crippen molar-refractivity contribution in [3.63, 3.8) is 0 Å². The molecule has 0 fully saturated rings. The van der Waals surface area contributed by atoms with E-state index in [1.54, 1.807) is 12.1 Å². The molecule has 7 nitrogen and oxygen atoms in total. The van der Waals surface area contributed by atoms with Gasteiger partial charge in [0.25, 0.3) is 5.56 Å². The molecule has 0 saturated heterocycles. The maximum absolute atomic E-state index is 12.2. The van der Waals surface area contributed by atoms with Gasteiger partial charge in [-0.2, -0.15) is 4.80 Å². The highest BCUT2D eigenvalue weighted by Crippen LogP contribution is 2.17. The fourth-order valence-corrected chi connectivity index (χ4v) is 2.80. The molecule has 0 saturated carbocycles. The third kappa shape index (κ3) is 3.31. The van der Waals surface area contributed by atoms with E-state index in [9.17, 15) is 4.79 Å². The summed E-state index contributed by atoms with van der Waals surface area (Å²) in [7, 11) is 0. The summed E-state index contributed by atoms with van der Waals surface area (Å²) in [5.41, 5.74) is 1.71. The highest BCUT2D eigenvalue weighted by molar-refractivity contribution is 9.10. The number of aromatic nitrogens is 6. The molecular formula is C16H10BrClN6O. The van der Waals surface area contributed by atoms with Gasteiger partial charge in [0.1, 0.15) is 12.2 Å². The van der Waals surface area contributed by atoms with Crippen LogP contribution in [0.2, 0.25) is 5.02 Å². The van der Waals surface area contributed by atoms with E-state index in [2.05, 4.69) is 36.3 Å². The van der Waals surface area contributed by atoms with Crippen LogP contribution < -0.4 is 5.56 Å². The second kappa shape index (κ2) is 6.38. The average Bonchev–Trinajstić information content (AvgIpc) is 3.05. The molecule has 3 heterocycles. The molecule has 3 aromatic heterocycles. The van der Waals surface area contributed by atoms with Crippen molar-refractivity contribution in [2.24, 2.45) is 0 Å². The molecule has 25 heavy (non-hydrogen) atoms. The molecule has 0 amide bonds. The Balaban J connectivity index is 1.64. The van der Waals surface area contributed by atoms with E-state index in [1.807, 2.05) is 24.3 Å². The first-order valence-electron chi connectivity index (χ1n) is 7.30. The summed E-state index contributed by atoms with van der Waals surface area (Å²) in [6, 6.07) is 12.4. The van der Waals surface area contributed by atoms with Crippen LogP contribution >= 0.6 is 27.5 Å². The van der Waals surface area contributed by atoms with Crippen molar-refractivity contribution in [1.29, 1.82) is 0 Å². The van der Waals surface area contributed by atoms with Crippen molar-refractivity contribution in [1.82, 2.24) is 29.6 Å². The van der Waals surface area contributed by atoms with Crippen molar-refractivity contribution in [2.75, 3.05) is 0 Å². The molecule has 9 heteroatoms. The lowest BCUT2D eigenvalue weighted by atomic mass is 10.2. The highest BCUT2D eigenvalue weighted by atomic mass is 79.9. The van der Waals surface area contributed by atoms with Crippen molar-refractivity contribution in [2.45, 2.75) is 6.54 Å². The third-order valence-corrected chi connectivity index (χ3v) is 4.29. The highest BCUT2D eigenvalue weighted by Gasteiger charge is 2.09. The molecule has 4 aromatic rings. The van der Waals surface area contributed by atoms with Crippen LogP contribution in [0.15, 0.2) is 57.9 Å². The summed E-state index contributed by atoms with van der Waals surface area (Å²) >= 11 is 9.30. The standard InChI is InChI=1S/C16H10BrClN6O/c17-11-3-1-10(2-4-11)16-20-22-24(21-16)9-13-7-15(25)23-8-12(18)5-6-14(23)19-13/h1-8H,9H2. The quantitative estimate of drug-likeness (QED) is 0.512. The van der Waals surface area contributed by atoms with Gasteiger partial charge in [-0.15, -0.1) is 10.2 Å². The van der Waals surface area contributed by atoms with Crippen molar-refractivity contribution >= 4 is 33.2 Å². The minimum atomic E-state index is -0.212. The molecule has 0 radical (unpaired) electrons. The van der Waals surface area contributed by atoms with Crippen LogP contribution in [-0.2, 0) is 6.54 Å². The van der Waals surface area contributed by atoms with Gasteiger partial charge in [0.15, 0.2) is 0 Å². The first kappa shape index (κ1) is 15.9. The summed E-state index contributed by atoms with van der Waals surface area (Å²) in [6.45, 7) is 0.248. The molecule has 124 valence electrons. The summed E-state index contributed by atoms with van der Waals surface area (Å²) in [6.07, 6.45) is 1.54. The van der Waals surface area contributed by atoms with Crippen molar-refractivity contribution in [3.8, 4) is 11.4 Å². The van der Waals surface area contributed by atoms with Crippen LogP contribution in [0.4, 0.5) is 0 Å². The maximum atomic E-state index is 12.2. The topological polar surface area (TPSA) is 78.0 Å². The lowest BCUT2D eigenvalue weighted by Crippen LogP contribution is -2.17. The monoisotopic (exact) mass is 416 g/mol. The normalized spacial score (nSPS) is 11.1. The zero-order chi connectivity index (χ0) is 17.4. The Morgan fingerprint density at radius 3 is 2.72 bits per heavy atom. The number of benzene rings is 1. The number of fused-ring (bicyclic) bond motifs is 1. The Hall–Kier alpha value is -2.58. The second-order valence-corrected chi connectivity index (χ2v) is 6.66. The van der Waals surface area contributed by atoms with Crippen LogP contribution in [0, 0.1) is 0 Å². The van der Waals surface area contributed by atoms with E-state index in [4.69, 9.17) is 11.6 Å². The van der Waals surface area contributed by atoms with Crippen LogP contribution in [0.3, 0.4) is 0 Å². The molecule has 0 aliphatic carbocycles. The summed E-state index contributed by atoms with van der Waals surface area (Å²) < 4.78 is 2.37. The Morgan fingerprint density at radius 2 is 1.92 bits per heavy atom. The van der Waals surface area contributed by atoms with Crippen LogP contribution in [-0.4, -0.2) is 29.6 Å². The fourth-order valence-electron chi connectivity index (χ4n) is 2.38. The van der Waals surface area contributed by atoms with Gasteiger partial charge < -0.3 is 0 Å². The summed E-state index contributed by atoms with van der Waals surface area (Å²) in [5, 5.41) is 12.9. The van der Waals surface area contributed by atoms with Gasteiger partial charge in [-0.05, 0) is 41.6 Å². The average molecular weight is 418 g/mol. The van der Waals surface area contributed by atoms with Crippen LogP contribution in [0.1, 0.15) is 5.69 Å². The van der Waals surface area contributed by atoms with Crippen LogP contribution in [0.25, 0.3) is 17.0 Å². The predicted molar refractivity (Wildman–Crippen MR) is 96.5 cm³/mol. The number of hydrogen-bond donors (Lipinski definition) is 0. The summed E-state index contributed by atoms with van der Waals surface area (Å²) in [5.74, 6) is 0.511. The lowest BCUT2D eigenvalue weighted by Gasteiger charge is -2.03. The molecule has 0 bridgehead atoms. The predicted octanol–water partition coefficient (Wildman–Crippen LogP) is 2.81. The zero-order valence-corrected chi connectivity index (χ0v) is 15.0. The largest absolute Gasteiger partial charge is 0.269 e. The van der Waals surface area contributed by atoms with E-state index in [0.29, 0.717) is 22.2 Å². The molecule has 0 aliphatic heterocycles. The zero-order valence-electron chi connectivity index (χ0n) is 12.7. The third-order valence-electron chi connectivity index (χ3n) is 3.54. The van der Waals surface area contributed by atoms with Gasteiger partial charge in [0.2, 0.25) is 5.82 Å². The number of halogens is 2. The molecule has 0 unspecified atom stereocenters. The van der Waals surface area contributed by atoms with Gasteiger partial charge in [0, 0.05) is 22.3 Å². The number of tetrazole rings is 1. The number of nitrogens with zero attached hydrogens (tertiary/aromatic N) is 6. The Bertz CT molecular complexity index is 1120. The Morgan fingerprint density at radius 1 is 1.12 bits per heavy atom. The molecule has 4 rings (SSSR count). The fraction of sp³-hybridized carbons (Fsp3) is 0.0625. The lowest BCUT2D eigenvalue weighted by molar-refractivity contribution is 0.564. The SMILES string of the molecule is O=c1cc(Cn2nnc(-c3ccc(Br)cc3)n2)nc2ccc(Cl)cn12. The molecular weight excluding hydrogens is 408 g/mol. The molecule has 1 aromatic carbocycles. The van der Waals surface area contributed by atoms with E-state index < -0.39 is 0 Å². The van der Waals surface area contributed by atoms with E-state index >= 15 is 0 Å². The Kier molecular flexibility index (Phi) is 4.06. The first-order chi connectivity index (χ1) is 12.1. The van der Waals surface area contributed by atoms with Gasteiger partial charge in [-0.3, -0.25) is 9.20 Å². The minimum absolute atomic E-state index is 0.212. The molecule has 0 N–H and O–H groups in total. The number of rotatable bonds is 3. The number of hydrogen-bond acceptors (Lipinski definition) is 5. The molecule has 0 atom stereocenters. The first-order valence-corrected chi connectivity index (χ1v) is 8.47. The van der Waals surface area contributed by atoms with Gasteiger partial charge in [-0.25, -0.2) is 4.98 Å². The molecule has 0 spiro atoms. The van der Waals surface area contributed by atoms with Gasteiger partial charge in [-0.1, -0.05) is 27.5 Å². The Labute approximate surface area is 155 Å². The second-order valence-electron chi connectivity index (χ2n) is 5.31. The maximum Gasteiger partial charge on any atom is 0.258 e. The van der Waals surface area contributed by atoms with Crippen LogP contribution in [0.5, 0.6) is 0 Å². The molecule has 0 aliphatic rings. The summed E-state index contributed by atoms with van der Waals surface area (Å²) in [4.78, 5) is 18.0. The van der Waals surface area contributed by atoms with E-state index in [0.717, 1.165) is 10.0 Å².